The van der Waals surface area contributed by atoms with Crippen LogP contribution in [0.25, 0.3) is 0 Å². The van der Waals surface area contributed by atoms with Gasteiger partial charge in [0.1, 0.15) is 30.4 Å². The van der Waals surface area contributed by atoms with Crippen LogP contribution in [-0.4, -0.2) is 171 Å². The summed E-state index contributed by atoms with van der Waals surface area (Å²) in [6, 6.07) is -0.962. The SMILES string of the molecule is CC1(CO)CCC2(C(=O)O)C(C1)C1=CCC3C4(C5CCCC5)C(C5C=CC(c6cnc[nH]6)(C(O)CC(N)O)C6NC(=O)C(CO)C56)C(O)C(OC5OCC(O)C(O)C5O)C(C)(CO)C4CCC3(C)C1(C)C1Cc3[nH]cnc3NCC12. The Labute approximate surface area is 466 Å². The van der Waals surface area contributed by atoms with E-state index < -0.39 is 154 Å². The lowest BCUT2D eigenvalue weighted by Gasteiger charge is -2.77. The van der Waals surface area contributed by atoms with Crippen molar-refractivity contribution >= 4 is 17.7 Å². The van der Waals surface area contributed by atoms with Gasteiger partial charge in [-0.1, -0.05) is 64.3 Å². The van der Waals surface area contributed by atoms with E-state index in [9.17, 15) is 60.7 Å². The highest BCUT2D eigenvalue weighted by Gasteiger charge is 2.80. The summed E-state index contributed by atoms with van der Waals surface area (Å²) in [4.78, 5) is 45.0. The molecule has 12 rings (SSSR count). The molecule has 3 aliphatic heterocycles. The van der Waals surface area contributed by atoms with Crippen molar-refractivity contribution in [3.8, 4) is 0 Å². The highest BCUT2D eigenvalue weighted by molar-refractivity contribution is 5.83. The van der Waals surface area contributed by atoms with Crippen LogP contribution in [0.5, 0.6) is 0 Å². The molecule has 7 fully saturated rings. The molecule has 0 spiro atoms. The Kier molecular flexibility index (Phi) is 14.1. The molecule has 10 aliphatic rings. The quantitative estimate of drug-likeness (QED) is 0.0812. The second-order valence-electron chi connectivity index (χ2n) is 27.7. The zero-order chi connectivity index (χ0) is 56.9. The summed E-state index contributed by atoms with van der Waals surface area (Å²) in [6.07, 6.45) is 5.60. The summed E-state index contributed by atoms with van der Waals surface area (Å²) < 4.78 is 12.9. The van der Waals surface area contributed by atoms with Gasteiger partial charge in [0.15, 0.2) is 6.29 Å². The van der Waals surface area contributed by atoms with Gasteiger partial charge >= 0.3 is 5.97 Å². The number of imidazole rings is 2. The lowest BCUT2D eigenvalue weighted by molar-refractivity contribution is -0.353. The van der Waals surface area contributed by atoms with E-state index in [4.69, 9.17) is 20.2 Å². The summed E-state index contributed by atoms with van der Waals surface area (Å²) in [5.74, 6) is -5.96. The van der Waals surface area contributed by atoms with Crippen molar-refractivity contribution in [3.63, 3.8) is 0 Å². The number of carboxylic acid groups (broad SMARTS) is 1. The van der Waals surface area contributed by atoms with Gasteiger partial charge in [0.05, 0.1) is 79.3 Å². The summed E-state index contributed by atoms with van der Waals surface area (Å²) in [5, 5.41) is 125. The zero-order valence-electron chi connectivity index (χ0n) is 46.5. The monoisotopic (exact) mass is 1120 g/mol. The Bertz CT molecular complexity index is 2720. The Hall–Kier alpha value is -3.84. The van der Waals surface area contributed by atoms with Gasteiger partial charge < -0.3 is 86.9 Å². The fourth-order valence-corrected chi connectivity index (χ4v) is 21.2. The smallest absolute Gasteiger partial charge is 0.310 e. The number of aliphatic hydroxyl groups excluding tert-OH is 9. The van der Waals surface area contributed by atoms with Gasteiger partial charge in [-0.25, -0.2) is 9.97 Å². The number of aliphatic carboxylic acids is 1. The van der Waals surface area contributed by atoms with Gasteiger partial charge in [-0.3, -0.25) is 9.59 Å². The number of allylic oxidation sites excluding steroid dienone is 3. The predicted octanol–water partition coefficient (Wildman–Crippen LogP) is 1.45. The molecule has 1 amide bonds. The van der Waals surface area contributed by atoms with Gasteiger partial charge in [-0.05, 0) is 121 Å². The maximum absolute atomic E-state index is 14.8. The predicted molar refractivity (Wildman–Crippen MR) is 287 cm³/mol. The molecule has 25 unspecified atom stereocenters. The van der Waals surface area contributed by atoms with E-state index in [0.29, 0.717) is 63.0 Å². The van der Waals surface area contributed by atoms with Crippen LogP contribution in [0.1, 0.15) is 110 Å². The third-order valence-electron chi connectivity index (χ3n) is 24.9. The van der Waals surface area contributed by atoms with Crippen LogP contribution in [0.4, 0.5) is 5.82 Å². The van der Waals surface area contributed by atoms with Crippen molar-refractivity contribution < 1.29 is 70.1 Å². The number of ether oxygens (including phenoxy) is 2. The molecule has 0 aromatic carbocycles. The first kappa shape index (κ1) is 56.6. The molecular formula is C59H87N7O14. The number of aliphatic hydroxyl groups is 9. The standard InChI is InChI=1S/C59H87N7O14/c1-53(24-68)15-16-57(52(77)78)33(19-53)31-9-10-38-55(3,56(31,4)32-17-35-49(65-27-63-35)62-20-34(32)57)13-12-37-54(2,25-69)48(80-51-46(75)44(73)36(70)23-79-51)45(74)43(59(37,38)28-7-5-6-8-28)29-11-14-58(39-21-61-26-64-39,40(71)18-41(60)72)47-42(29)30(22-67)50(76)66-47/h9,11,14,21,26-30,32-34,36-38,40-48,51,62,67-75H,5-8,10,12-13,15-20,22-25,60H2,1-4H3,(H,61,64)(H,63,65)(H,66,76)(H,77,78). The van der Waals surface area contributed by atoms with E-state index >= 15 is 0 Å². The molecule has 2 saturated heterocycles. The number of H-pyrrole nitrogens is 2. The number of carbonyl (C=O) groups excluding carboxylic acids is 1. The van der Waals surface area contributed by atoms with Crippen LogP contribution < -0.4 is 16.4 Å². The van der Waals surface area contributed by atoms with E-state index in [2.05, 4.69) is 52.4 Å². The van der Waals surface area contributed by atoms with Crippen LogP contribution in [-0.2, 0) is 30.9 Å². The number of nitrogens with zero attached hydrogens (tertiary/aromatic N) is 2. The van der Waals surface area contributed by atoms with Gasteiger partial charge in [-0.2, -0.15) is 0 Å². The maximum Gasteiger partial charge on any atom is 0.310 e. The topological polar surface area (TPSA) is 362 Å². The van der Waals surface area contributed by atoms with Crippen LogP contribution in [0, 0.1) is 91.7 Å². The Morgan fingerprint density at radius 2 is 1.70 bits per heavy atom. The summed E-state index contributed by atoms with van der Waals surface area (Å²) in [5.41, 5.74) is 1.72. The number of anilines is 1. The van der Waals surface area contributed by atoms with Gasteiger partial charge in [0, 0.05) is 48.7 Å². The fourth-order valence-electron chi connectivity index (χ4n) is 21.2. The second kappa shape index (κ2) is 19.9. The summed E-state index contributed by atoms with van der Waals surface area (Å²) in [6.45, 7) is 7.67. The zero-order valence-corrected chi connectivity index (χ0v) is 46.5. The molecule has 2 aromatic heterocycles. The Morgan fingerprint density at radius 1 is 0.938 bits per heavy atom. The normalized spacial score (nSPS) is 49.5. The summed E-state index contributed by atoms with van der Waals surface area (Å²) >= 11 is 0. The number of nitrogens with two attached hydrogens (primary N) is 1. The van der Waals surface area contributed by atoms with Crippen LogP contribution >= 0.6 is 0 Å². The molecule has 0 bridgehead atoms. The molecule has 80 heavy (non-hydrogen) atoms. The van der Waals surface area contributed by atoms with Crippen molar-refractivity contribution in [1.29, 1.82) is 0 Å². The largest absolute Gasteiger partial charge is 0.481 e. The third-order valence-corrected chi connectivity index (χ3v) is 24.9. The Morgan fingerprint density at radius 3 is 2.38 bits per heavy atom. The highest BCUT2D eigenvalue weighted by atomic mass is 16.7. The number of aromatic nitrogens is 4. The van der Waals surface area contributed by atoms with E-state index in [1.54, 1.807) is 12.5 Å². The molecule has 2 aromatic rings. The molecule has 7 aliphatic carbocycles. The average Bonchev–Trinajstić information content (AvgIpc) is 0.895. The van der Waals surface area contributed by atoms with Crippen LogP contribution in [0.2, 0.25) is 0 Å². The van der Waals surface area contributed by atoms with Gasteiger partial charge in [0.2, 0.25) is 5.91 Å². The molecule has 5 saturated carbocycles. The number of aromatic amines is 2. The molecule has 16 N–H and O–H groups in total. The highest BCUT2D eigenvalue weighted by Crippen LogP contribution is 2.82. The first-order valence-electron chi connectivity index (χ1n) is 29.7. The lowest BCUT2D eigenvalue weighted by atomic mass is 9.27. The van der Waals surface area contributed by atoms with E-state index in [0.717, 1.165) is 37.0 Å². The van der Waals surface area contributed by atoms with Crippen molar-refractivity contribution in [2.45, 2.75) is 165 Å². The third kappa shape index (κ3) is 7.49. The number of carbonyl (C=O) groups is 2. The van der Waals surface area contributed by atoms with Crippen LogP contribution in [0.3, 0.4) is 0 Å². The minimum atomic E-state index is -1.73. The Balaban J connectivity index is 1.12. The van der Waals surface area contributed by atoms with E-state index in [1.165, 1.54) is 6.33 Å². The molecule has 21 heteroatoms. The summed E-state index contributed by atoms with van der Waals surface area (Å²) in [7, 11) is 0. The number of hydrogen-bond donors (Lipinski definition) is 15. The van der Waals surface area contributed by atoms with Crippen molar-refractivity contribution in [3.05, 3.63) is 54.0 Å². The van der Waals surface area contributed by atoms with Crippen molar-refractivity contribution in [2.75, 3.05) is 38.3 Å². The first-order valence-corrected chi connectivity index (χ1v) is 29.7. The number of carboxylic acids is 1. The number of nitrogens with one attached hydrogen (secondary N) is 4. The average molecular weight is 1120 g/mol. The lowest BCUT2D eigenvalue weighted by Crippen LogP contribution is -2.77. The number of hydrogen-bond acceptors (Lipinski definition) is 17. The van der Waals surface area contributed by atoms with Crippen molar-refractivity contribution in [1.82, 2.24) is 25.3 Å². The fraction of sp³-hybridized carbons (Fsp3) is 0.797. The molecule has 5 heterocycles. The molecular weight excluding hydrogens is 1030 g/mol. The van der Waals surface area contributed by atoms with Gasteiger partial charge in [0.25, 0.3) is 0 Å². The minimum absolute atomic E-state index is 0.0859. The van der Waals surface area contributed by atoms with Gasteiger partial charge in [-0.15, -0.1) is 0 Å². The molecule has 21 nitrogen and oxygen atoms in total. The maximum atomic E-state index is 14.8. The molecule has 25 atom stereocenters. The number of fused-ring (bicyclic) bond motifs is 12. The molecule has 442 valence electrons. The number of amides is 1. The second-order valence-corrected chi connectivity index (χ2v) is 27.7. The van der Waals surface area contributed by atoms with Crippen molar-refractivity contribution in [2.24, 2.45) is 97.4 Å². The number of rotatable bonds is 12. The molecule has 0 radical (unpaired) electrons. The van der Waals surface area contributed by atoms with E-state index in [-0.39, 0.29) is 43.3 Å². The van der Waals surface area contributed by atoms with Crippen LogP contribution in [0.15, 0.2) is 42.7 Å². The minimum Gasteiger partial charge on any atom is -0.481 e. The van der Waals surface area contributed by atoms with E-state index in [1.807, 2.05) is 19.1 Å². The first-order chi connectivity index (χ1) is 38.1.